The van der Waals surface area contributed by atoms with E-state index in [1.165, 1.54) is 0 Å². The zero-order valence-electron chi connectivity index (χ0n) is 12.5. The van der Waals surface area contributed by atoms with Gasteiger partial charge in [0.1, 0.15) is 11.2 Å². The molecule has 2 heterocycles. The lowest BCUT2D eigenvalue weighted by atomic mass is 10.1. The molecule has 4 nitrogen and oxygen atoms in total. The minimum absolute atomic E-state index is 0.517. The normalized spacial score (nSPS) is 15.4. The van der Waals surface area contributed by atoms with E-state index >= 15 is 0 Å². The van der Waals surface area contributed by atoms with Gasteiger partial charge in [-0.2, -0.15) is 5.26 Å². The first-order valence-electron chi connectivity index (χ1n) is 7.43. The molecule has 2 aromatic rings. The molecule has 0 atom stereocenters. The van der Waals surface area contributed by atoms with Crippen LogP contribution in [0.4, 0.5) is 5.69 Å². The molecule has 1 aliphatic heterocycles. The SMILES string of the molecule is N#Cc1ccc(Cl)cc1N1CCN(Cc2ccc(Cl)nc2)CC1. The third-order valence-electron chi connectivity index (χ3n) is 3.99. The van der Waals surface area contributed by atoms with Gasteiger partial charge in [0.2, 0.25) is 0 Å². The number of aromatic nitrogens is 1. The first-order chi connectivity index (χ1) is 11.2. The van der Waals surface area contributed by atoms with Gasteiger partial charge in [-0.25, -0.2) is 4.98 Å². The van der Waals surface area contributed by atoms with Crippen LogP contribution in [0, 0.1) is 11.3 Å². The highest BCUT2D eigenvalue weighted by Crippen LogP contribution is 2.25. The summed E-state index contributed by atoms with van der Waals surface area (Å²) in [6.07, 6.45) is 1.82. The quantitative estimate of drug-likeness (QED) is 0.796. The Bertz CT molecular complexity index is 716. The fraction of sp³-hybridized carbons (Fsp3) is 0.294. The van der Waals surface area contributed by atoms with E-state index in [0.29, 0.717) is 15.7 Å². The van der Waals surface area contributed by atoms with E-state index in [9.17, 15) is 5.26 Å². The summed E-state index contributed by atoms with van der Waals surface area (Å²) >= 11 is 11.9. The molecule has 1 aliphatic rings. The average Bonchev–Trinajstić information content (AvgIpc) is 2.58. The van der Waals surface area contributed by atoms with Crippen molar-refractivity contribution in [2.75, 3.05) is 31.1 Å². The Kier molecular flexibility index (Phi) is 5.02. The number of anilines is 1. The number of pyridine rings is 1. The van der Waals surface area contributed by atoms with E-state index in [1.807, 2.05) is 24.4 Å². The second kappa shape index (κ2) is 7.18. The average molecular weight is 347 g/mol. The molecule has 1 aromatic carbocycles. The number of hydrogen-bond donors (Lipinski definition) is 0. The second-order valence-electron chi connectivity index (χ2n) is 5.53. The zero-order chi connectivity index (χ0) is 16.2. The molecule has 118 valence electrons. The summed E-state index contributed by atoms with van der Waals surface area (Å²) in [6, 6.07) is 11.5. The molecule has 0 saturated carbocycles. The van der Waals surface area contributed by atoms with Crippen LogP contribution in [0.3, 0.4) is 0 Å². The van der Waals surface area contributed by atoms with Gasteiger partial charge in [0.05, 0.1) is 11.3 Å². The lowest BCUT2D eigenvalue weighted by Gasteiger charge is -2.36. The lowest BCUT2D eigenvalue weighted by molar-refractivity contribution is 0.249. The van der Waals surface area contributed by atoms with Gasteiger partial charge in [-0.15, -0.1) is 0 Å². The first-order valence-corrected chi connectivity index (χ1v) is 8.18. The summed E-state index contributed by atoms with van der Waals surface area (Å²) < 4.78 is 0. The van der Waals surface area contributed by atoms with Crippen LogP contribution in [0.25, 0.3) is 0 Å². The summed E-state index contributed by atoms with van der Waals surface area (Å²) in [6.45, 7) is 4.46. The van der Waals surface area contributed by atoms with Gasteiger partial charge in [0, 0.05) is 43.9 Å². The van der Waals surface area contributed by atoms with Crippen molar-refractivity contribution in [3.8, 4) is 6.07 Å². The minimum Gasteiger partial charge on any atom is -0.368 e. The van der Waals surface area contributed by atoms with Gasteiger partial charge in [0.15, 0.2) is 0 Å². The number of rotatable bonds is 3. The molecule has 3 rings (SSSR count). The molecule has 0 unspecified atom stereocenters. The maximum atomic E-state index is 9.26. The molecule has 0 bridgehead atoms. The molecule has 0 radical (unpaired) electrons. The molecule has 1 saturated heterocycles. The van der Waals surface area contributed by atoms with Gasteiger partial charge in [-0.3, -0.25) is 4.90 Å². The minimum atomic E-state index is 0.517. The van der Waals surface area contributed by atoms with Crippen molar-refractivity contribution in [1.82, 2.24) is 9.88 Å². The van der Waals surface area contributed by atoms with Gasteiger partial charge in [-0.1, -0.05) is 29.3 Å². The maximum Gasteiger partial charge on any atom is 0.129 e. The topological polar surface area (TPSA) is 43.2 Å². The fourth-order valence-electron chi connectivity index (χ4n) is 2.77. The number of nitriles is 1. The van der Waals surface area contributed by atoms with E-state index < -0.39 is 0 Å². The van der Waals surface area contributed by atoms with Crippen molar-refractivity contribution in [3.05, 3.63) is 57.8 Å². The number of hydrogen-bond acceptors (Lipinski definition) is 4. The van der Waals surface area contributed by atoms with Crippen LogP contribution in [0.5, 0.6) is 0 Å². The van der Waals surface area contributed by atoms with E-state index in [0.717, 1.165) is 44.0 Å². The number of halogens is 2. The van der Waals surface area contributed by atoms with Gasteiger partial charge < -0.3 is 4.90 Å². The van der Waals surface area contributed by atoms with Crippen LogP contribution in [0.15, 0.2) is 36.5 Å². The second-order valence-corrected chi connectivity index (χ2v) is 6.35. The van der Waals surface area contributed by atoms with Crippen molar-refractivity contribution < 1.29 is 0 Å². The van der Waals surface area contributed by atoms with Crippen LogP contribution in [-0.2, 0) is 6.54 Å². The highest BCUT2D eigenvalue weighted by Gasteiger charge is 2.19. The summed E-state index contributed by atoms with van der Waals surface area (Å²) in [5.74, 6) is 0. The van der Waals surface area contributed by atoms with Crippen LogP contribution in [0.2, 0.25) is 10.2 Å². The summed E-state index contributed by atoms with van der Waals surface area (Å²) in [4.78, 5) is 8.71. The largest absolute Gasteiger partial charge is 0.368 e. The van der Waals surface area contributed by atoms with Crippen molar-refractivity contribution in [3.63, 3.8) is 0 Å². The smallest absolute Gasteiger partial charge is 0.129 e. The van der Waals surface area contributed by atoms with Crippen molar-refractivity contribution >= 4 is 28.9 Å². The van der Waals surface area contributed by atoms with Crippen molar-refractivity contribution in [2.24, 2.45) is 0 Å². The summed E-state index contributed by atoms with van der Waals surface area (Å²) in [7, 11) is 0. The predicted molar refractivity (Wildman–Crippen MR) is 92.9 cm³/mol. The molecule has 0 N–H and O–H groups in total. The van der Waals surface area contributed by atoms with Crippen molar-refractivity contribution in [2.45, 2.75) is 6.54 Å². The summed E-state index contributed by atoms with van der Waals surface area (Å²) in [5, 5.41) is 10.4. The molecule has 0 amide bonds. The standard InChI is InChI=1S/C17H16Cl2N4/c18-15-3-2-14(10-20)16(9-15)23-7-5-22(6-8-23)12-13-1-4-17(19)21-11-13/h1-4,9,11H,5-8,12H2. The number of piperazine rings is 1. The van der Waals surface area contributed by atoms with Gasteiger partial charge in [0.25, 0.3) is 0 Å². The highest BCUT2D eigenvalue weighted by atomic mass is 35.5. The third kappa shape index (κ3) is 3.94. The van der Waals surface area contributed by atoms with Gasteiger partial charge >= 0.3 is 0 Å². The highest BCUT2D eigenvalue weighted by molar-refractivity contribution is 6.31. The Balaban J connectivity index is 1.63. The monoisotopic (exact) mass is 346 g/mol. The predicted octanol–water partition coefficient (Wildman–Crippen LogP) is 3.58. The Morgan fingerprint density at radius 2 is 1.87 bits per heavy atom. The Morgan fingerprint density at radius 1 is 1.09 bits per heavy atom. The third-order valence-corrected chi connectivity index (χ3v) is 4.45. The van der Waals surface area contributed by atoms with Crippen LogP contribution in [0.1, 0.15) is 11.1 Å². The first kappa shape index (κ1) is 16.1. The van der Waals surface area contributed by atoms with E-state index in [1.54, 1.807) is 12.1 Å². The Hall–Kier alpha value is -1.80. The van der Waals surface area contributed by atoms with Crippen LogP contribution in [-0.4, -0.2) is 36.1 Å². The number of benzene rings is 1. The van der Waals surface area contributed by atoms with Crippen LogP contribution >= 0.6 is 23.2 Å². The lowest BCUT2D eigenvalue weighted by Crippen LogP contribution is -2.46. The summed E-state index contributed by atoms with van der Waals surface area (Å²) in [5.41, 5.74) is 2.75. The fourth-order valence-corrected chi connectivity index (χ4v) is 3.04. The molecular weight excluding hydrogens is 331 g/mol. The Morgan fingerprint density at radius 3 is 2.52 bits per heavy atom. The van der Waals surface area contributed by atoms with Crippen LogP contribution < -0.4 is 4.90 Å². The van der Waals surface area contributed by atoms with Gasteiger partial charge in [-0.05, 0) is 29.8 Å². The number of nitrogens with zero attached hydrogens (tertiary/aromatic N) is 4. The molecule has 0 aliphatic carbocycles. The molecular formula is C17H16Cl2N4. The molecule has 6 heteroatoms. The van der Waals surface area contributed by atoms with Crippen molar-refractivity contribution in [1.29, 1.82) is 5.26 Å². The van der Waals surface area contributed by atoms with E-state index in [2.05, 4.69) is 20.9 Å². The van der Waals surface area contributed by atoms with E-state index in [-0.39, 0.29) is 0 Å². The molecule has 1 aromatic heterocycles. The zero-order valence-corrected chi connectivity index (χ0v) is 14.1. The molecule has 23 heavy (non-hydrogen) atoms. The Labute approximate surface area is 145 Å². The maximum absolute atomic E-state index is 9.26. The molecule has 0 spiro atoms. The van der Waals surface area contributed by atoms with E-state index in [4.69, 9.17) is 23.2 Å². The molecule has 1 fully saturated rings.